The molecule has 1 aliphatic heterocycles. The highest BCUT2D eigenvalue weighted by Crippen LogP contribution is 2.31. The largest absolute Gasteiger partial charge is 0.508 e. The van der Waals surface area contributed by atoms with Gasteiger partial charge in [-0.1, -0.05) is 6.92 Å². The number of phenolic OH excluding ortho intramolecular Hbond substituents is 1. The van der Waals surface area contributed by atoms with Crippen LogP contribution in [0.5, 0.6) is 17.2 Å². The molecule has 2 aromatic carbocycles. The highest BCUT2D eigenvalue weighted by atomic mass is 16.6. The van der Waals surface area contributed by atoms with E-state index >= 15 is 0 Å². The summed E-state index contributed by atoms with van der Waals surface area (Å²) in [7, 11) is 0. The van der Waals surface area contributed by atoms with Gasteiger partial charge in [0.25, 0.3) is 5.91 Å². The molecule has 0 aliphatic carbocycles. The Morgan fingerprint density at radius 1 is 1.14 bits per heavy atom. The standard InChI is InChI=1S/C17H17NO4/c1-2-11-9-13(19)4-5-14(11)18-17(20)12-3-6-15-16(10-12)22-8-7-21-15/h3-6,9-10,19H,2,7-8H2,1H3,(H,18,20). The molecule has 22 heavy (non-hydrogen) atoms. The zero-order chi connectivity index (χ0) is 15.5. The Hall–Kier alpha value is -2.69. The molecule has 0 aromatic heterocycles. The van der Waals surface area contributed by atoms with Gasteiger partial charge >= 0.3 is 0 Å². The lowest BCUT2D eigenvalue weighted by Gasteiger charge is -2.19. The number of carbonyl (C=O) groups excluding carboxylic acids is 1. The molecule has 0 bridgehead atoms. The first-order valence-corrected chi connectivity index (χ1v) is 7.20. The van der Waals surface area contributed by atoms with Crippen LogP contribution in [0.2, 0.25) is 0 Å². The van der Waals surface area contributed by atoms with Gasteiger partial charge in [0.2, 0.25) is 0 Å². The summed E-state index contributed by atoms with van der Waals surface area (Å²) in [6, 6.07) is 10.0. The lowest BCUT2D eigenvalue weighted by Crippen LogP contribution is -2.17. The first-order chi connectivity index (χ1) is 10.7. The van der Waals surface area contributed by atoms with Crippen molar-refractivity contribution < 1.29 is 19.4 Å². The Bertz CT molecular complexity index is 712. The molecule has 0 unspecified atom stereocenters. The third-order valence-corrected chi connectivity index (χ3v) is 3.52. The number of amides is 1. The molecule has 5 heteroatoms. The Labute approximate surface area is 128 Å². The number of nitrogens with one attached hydrogen (secondary N) is 1. The molecule has 114 valence electrons. The zero-order valence-corrected chi connectivity index (χ0v) is 12.3. The van der Waals surface area contributed by atoms with Gasteiger partial charge in [0.05, 0.1) is 0 Å². The van der Waals surface area contributed by atoms with Crippen molar-refractivity contribution in [1.29, 1.82) is 0 Å². The minimum atomic E-state index is -0.225. The van der Waals surface area contributed by atoms with Gasteiger partial charge < -0.3 is 19.9 Å². The van der Waals surface area contributed by atoms with E-state index in [1.165, 1.54) is 0 Å². The van der Waals surface area contributed by atoms with Crippen LogP contribution in [0.25, 0.3) is 0 Å². The molecule has 5 nitrogen and oxygen atoms in total. The van der Waals surface area contributed by atoms with E-state index < -0.39 is 0 Å². The first-order valence-electron chi connectivity index (χ1n) is 7.20. The second-order valence-electron chi connectivity index (χ2n) is 5.01. The van der Waals surface area contributed by atoms with Crippen molar-refractivity contribution >= 4 is 11.6 Å². The average molecular weight is 299 g/mol. The maximum atomic E-state index is 12.4. The smallest absolute Gasteiger partial charge is 0.255 e. The van der Waals surface area contributed by atoms with Crippen LogP contribution < -0.4 is 14.8 Å². The molecule has 0 radical (unpaired) electrons. The molecular formula is C17H17NO4. The van der Waals surface area contributed by atoms with Crippen LogP contribution in [-0.4, -0.2) is 24.2 Å². The number of anilines is 1. The zero-order valence-electron chi connectivity index (χ0n) is 12.3. The van der Waals surface area contributed by atoms with Crippen LogP contribution in [0.1, 0.15) is 22.8 Å². The number of fused-ring (bicyclic) bond motifs is 1. The average Bonchev–Trinajstić information content (AvgIpc) is 2.55. The minimum Gasteiger partial charge on any atom is -0.508 e. The van der Waals surface area contributed by atoms with Crippen LogP contribution in [0, 0.1) is 0 Å². The lowest BCUT2D eigenvalue weighted by atomic mass is 10.1. The maximum Gasteiger partial charge on any atom is 0.255 e. The number of aryl methyl sites for hydroxylation is 1. The Morgan fingerprint density at radius 3 is 2.68 bits per heavy atom. The van der Waals surface area contributed by atoms with Crippen LogP contribution in [-0.2, 0) is 6.42 Å². The highest BCUT2D eigenvalue weighted by Gasteiger charge is 2.15. The quantitative estimate of drug-likeness (QED) is 0.855. The first kappa shape index (κ1) is 14.3. The molecule has 0 atom stereocenters. The van der Waals surface area contributed by atoms with Gasteiger partial charge in [-0.15, -0.1) is 0 Å². The summed E-state index contributed by atoms with van der Waals surface area (Å²) in [5.41, 5.74) is 2.07. The molecule has 2 aromatic rings. The monoisotopic (exact) mass is 299 g/mol. The van der Waals surface area contributed by atoms with Gasteiger partial charge in [-0.25, -0.2) is 0 Å². The van der Waals surface area contributed by atoms with Crippen LogP contribution in [0.3, 0.4) is 0 Å². The normalized spacial score (nSPS) is 12.8. The van der Waals surface area contributed by atoms with Crippen molar-refractivity contribution in [2.45, 2.75) is 13.3 Å². The fourth-order valence-electron chi connectivity index (χ4n) is 2.37. The van der Waals surface area contributed by atoms with Crippen molar-refractivity contribution in [3.63, 3.8) is 0 Å². The molecule has 3 rings (SSSR count). The Morgan fingerprint density at radius 2 is 1.91 bits per heavy atom. The molecule has 0 saturated carbocycles. The molecule has 0 saturated heterocycles. The number of hydrogen-bond donors (Lipinski definition) is 2. The number of phenols is 1. The van der Waals surface area contributed by atoms with Gasteiger partial charge in [-0.3, -0.25) is 4.79 Å². The second kappa shape index (κ2) is 5.97. The molecule has 1 aliphatic rings. The van der Waals surface area contributed by atoms with Crippen molar-refractivity contribution in [3.05, 3.63) is 47.5 Å². The van der Waals surface area contributed by atoms with Gasteiger partial charge in [-0.2, -0.15) is 0 Å². The summed E-state index contributed by atoms with van der Waals surface area (Å²) in [6.07, 6.45) is 0.713. The van der Waals surface area contributed by atoms with E-state index in [4.69, 9.17) is 9.47 Å². The summed E-state index contributed by atoms with van der Waals surface area (Å²) in [5, 5.41) is 12.4. The number of carbonyl (C=O) groups is 1. The summed E-state index contributed by atoms with van der Waals surface area (Å²) >= 11 is 0. The van der Waals surface area contributed by atoms with Crippen LogP contribution >= 0.6 is 0 Å². The number of ether oxygens (including phenoxy) is 2. The fourth-order valence-corrected chi connectivity index (χ4v) is 2.37. The summed E-state index contributed by atoms with van der Waals surface area (Å²) in [4.78, 5) is 12.4. The predicted octanol–water partition coefficient (Wildman–Crippen LogP) is 2.98. The molecular weight excluding hydrogens is 282 g/mol. The van der Waals surface area contributed by atoms with E-state index in [1.807, 2.05) is 6.92 Å². The summed E-state index contributed by atoms with van der Waals surface area (Å²) in [6.45, 7) is 2.97. The summed E-state index contributed by atoms with van der Waals surface area (Å²) < 4.78 is 10.9. The van der Waals surface area contributed by atoms with Crippen molar-refractivity contribution in [1.82, 2.24) is 0 Å². The topological polar surface area (TPSA) is 67.8 Å². The molecule has 0 spiro atoms. The van der Waals surface area contributed by atoms with Crippen molar-refractivity contribution in [2.75, 3.05) is 18.5 Å². The van der Waals surface area contributed by atoms with E-state index in [1.54, 1.807) is 36.4 Å². The Kier molecular flexibility index (Phi) is 3.87. The third-order valence-electron chi connectivity index (χ3n) is 3.52. The van der Waals surface area contributed by atoms with Crippen LogP contribution in [0.4, 0.5) is 5.69 Å². The minimum absolute atomic E-state index is 0.189. The summed E-state index contributed by atoms with van der Waals surface area (Å²) in [5.74, 6) is 1.20. The number of benzene rings is 2. The predicted molar refractivity (Wildman–Crippen MR) is 82.9 cm³/mol. The molecule has 0 fully saturated rings. The maximum absolute atomic E-state index is 12.4. The van der Waals surface area contributed by atoms with Gasteiger partial charge in [0, 0.05) is 11.3 Å². The van der Waals surface area contributed by atoms with E-state index in [2.05, 4.69) is 5.32 Å². The van der Waals surface area contributed by atoms with Crippen molar-refractivity contribution in [3.8, 4) is 17.2 Å². The third kappa shape index (κ3) is 2.83. The van der Waals surface area contributed by atoms with E-state index in [0.717, 1.165) is 5.56 Å². The molecule has 2 N–H and O–H groups in total. The second-order valence-corrected chi connectivity index (χ2v) is 5.01. The highest BCUT2D eigenvalue weighted by molar-refractivity contribution is 6.05. The van der Waals surface area contributed by atoms with Crippen LogP contribution in [0.15, 0.2) is 36.4 Å². The number of hydrogen-bond acceptors (Lipinski definition) is 4. The molecule has 1 heterocycles. The Balaban J connectivity index is 1.83. The van der Waals surface area contributed by atoms with Crippen molar-refractivity contribution in [2.24, 2.45) is 0 Å². The van der Waals surface area contributed by atoms with Gasteiger partial charge in [0.1, 0.15) is 19.0 Å². The number of rotatable bonds is 3. The lowest BCUT2D eigenvalue weighted by molar-refractivity contribution is 0.102. The number of aromatic hydroxyl groups is 1. The fraction of sp³-hybridized carbons (Fsp3) is 0.235. The molecule has 1 amide bonds. The van der Waals surface area contributed by atoms with E-state index in [-0.39, 0.29) is 11.7 Å². The van der Waals surface area contributed by atoms with Gasteiger partial charge in [-0.05, 0) is 48.4 Å². The van der Waals surface area contributed by atoms with E-state index in [9.17, 15) is 9.90 Å². The van der Waals surface area contributed by atoms with E-state index in [0.29, 0.717) is 42.4 Å². The van der Waals surface area contributed by atoms with Gasteiger partial charge in [0.15, 0.2) is 11.5 Å². The SMILES string of the molecule is CCc1cc(O)ccc1NC(=O)c1ccc2c(c1)OCCO2.